The first-order chi connectivity index (χ1) is 9.76. The second-order valence-electron chi connectivity index (χ2n) is 4.56. The molecule has 0 fully saturated rings. The number of likely N-dealkylation sites (N-methyl/N-ethyl adjacent to an activating group) is 1. The van der Waals surface area contributed by atoms with Crippen LogP contribution in [-0.4, -0.2) is 17.0 Å². The molecule has 1 aromatic carbocycles. The molecule has 0 aliphatic rings. The lowest BCUT2D eigenvalue weighted by atomic mass is 10.0. The summed E-state index contributed by atoms with van der Waals surface area (Å²) in [5.74, 6) is 0. The van der Waals surface area contributed by atoms with Gasteiger partial charge in [-0.1, -0.05) is 6.07 Å². The molecule has 0 aliphatic heterocycles. The van der Waals surface area contributed by atoms with Crippen LogP contribution >= 0.6 is 27.3 Å². The molecule has 5 heteroatoms. The molecule has 3 nitrogen and oxygen atoms in total. The summed E-state index contributed by atoms with van der Waals surface area (Å²) in [6.45, 7) is 0. The van der Waals surface area contributed by atoms with Gasteiger partial charge in [0.25, 0.3) is 0 Å². The predicted molar refractivity (Wildman–Crippen MR) is 87.1 cm³/mol. The van der Waals surface area contributed by atoms with Gasteiger partial charge in [0.15, 0.2) is 0 Å². The average Bonchev–Trinajstić information content (AvgIpc) is 2.89. The molecule has 1 atom stereocenters. The van der Waals surface area contributed by atoms with E-state index < -0.39 is 0 Å². The number of nitrogens with one attached hydrogen (secondary N) is 1. The molecular formula is C15H14BrN3S. The van der Waals surface area contributed by atoms with E-state index in [0.717, 1.165) is 17.5 Å². The first kappa shape index (κ1) is 13.7. The Morgan fingerprint density at radius 2 is 1.95 bits per heavy atom. The Morgan fingerprint density at radius 1 is 1.15 bits per heavy atom. The summed E-state index contributed by atoms with van der Waals surface area (Å²) in [5.41, 5.74) is 3.12. The van der Waals surface area contributed by atoms with E-state index >= 15 is 0 Å². The van der Waals surface area contributed by atoms with Gasteiger partial charge in [0.1, 0.15) is 0 Å². The highest BCUT2D eigenvalue weighted by Crippen LogP contribution is 2.27. The maximum Gasteiger partial charge on any atom is 0.0890 e. The topological polar surface area (TPSA) is 37.8 Å². The minimum atomic E-state index is 0.284. The number of rotatable bonds is 4. The van der Waals surface area contributed by atoms with Crippen molar-refractivity contribution in [1.29, 1.82) is 0 Å². The zero-order valence-corrected chi connectivity index (χ0v) is 13.4. The third-order valence-corrected chi connectivity index (χ3v) is 4.92. The van der Waals surface area contributed by atoms with Crippen LogP contribution in [0, 0.1) is 0 Å². The van der Waals surface area contributed by atoms with Gasteiger partial charge in [-0.2, -0.15) is 0 Å². The van der Waals surface area contributed by atoms with Crippen molar-refractivity contribution in [3.8, 4) is 0 Å². The normalized spacial score (nSPS) is 12.7. The van der Waals surface area contributed by atoms with Crippen LogP contribution < -0.4 is 5.32 Å². The Morgan fingerprint density at radius 3 is 2.65 bits per heavy atom. The summed E-state index contributed by atoms with van der Waals surface area (Å²) in [7, 11) is 1.99. The molecular weight excluding hydrogens is 334 g/mol. The summed E-state index contributed by atoms with van der Waals surface area (Å²) in [4.78, 5) is 10.0. The summed E-state index contributed by atoms with van der Waals surface area (Å²) in [5, 5.41) is 3.38. The number of aromatic nitrogens is 2. The molecule has 0 amide bonds. The predicted octanol–water partition coefficient (Wildman–Crippen LogP) is 3.96. The minimum Gasteiger partial charge on any atom is -0.313 e. The number of fused-ring (bicyclic) bond motifs is 1. The van der Waals surface area contributed by atoms with Crippen molar-refractivity contribution in [2.45, 2.75) is 12.5 Å². The molecule has 0 bridgehead atoms. The molecule has 0 saturated heterocycles. The molecule has 0 saturated carbocycles. The Bertz CT molecular complexity index is 726. The number of halogens is 1. The summed E-state index contributed by atoms with van der Waals surface area (Å²) >= 11 is 5.29. The fraction of sp³-hybridized carbons (Fsp3) is 0.200. The third-order valence-electron chi connectivity index (χ3n) is 3.28. The van der Waals surface area contributed by atoms with E-state index in [-0.39, 0.29) is 6.04 Å². The van der Waals surface area contributed by atoms with Crippen LogP contribution in [0.15, 0.2) is 46.5 Å². The van der Waals surface area contributed by atoms with Gasteiger partial charge in [0.2, 0.25) is 0 Å². The van der Waals surface area contributed by atoms with Crippen molar-refractivity contribution in [3.63, 3.8) is 0 Å². The summed E-state index contributed by atoms with van der Waals surface area (Å²) in [6.07, 6.45) is 4.43. The highest BCUT2D eigenvalue weighted by molar-refractivity contribution is 9.11. The smallest absolute Gasteiger partial charge is 0.0890 e. The lowest BCUT2D eigenvalue weighted by Crippen LogP contribution is -2.18. The van der Waals surface area contributed by atoms with Gasteiger partial charge >= 0.3 is 0 Å². The monoisotopic (exact) mass is 347 g/mol. The fourth-order valence-corrected chi connectivity index (χ4v) is 3.77. The van der Waals surface area contributed by atoms with Crippen LogP contribution in [0.2, 0.25) is 0 Å². The quantitative estimate of drug-likeness (QED) is 0.776. The second-order valence-corrected chi connectivity index (χ2v) is 7.10. The molecule has 0 aliphatic carbocycles. The largest absolute Gasteiger partial charge is 0.313 e. The van der Waals surface area contributed by atoms with Gasteiger partial charge in [0.05, 0.1) is 14.8 Å². The number of benzene rings is 1. The standard InChI is InChI=1S/C15H14BrN3S/c1-17-13(9-11-3-5-15(16)20-11)10-2-4-12-14(8-10)19-7-6-18-12/h2-8,13,17H,9H2,1H3. The molecule has 20 heavy (non-hydrogen) atoms. The van der Waals surface area contributed by atoms with Gasteiger partial charge in [-0.3, -0.25) is 9.97 Å². The van der Waals surface area contributed by atoms with Crippen molar-refractivity contribution < 1.29 is 0 Å². The van der Waals surface area contributed by atoms with Crippen molar-refractivity contribution in [1.82, 2.24) is 15.3 Å². The van der Waals surface area contributed by atoms with Crippen molar-refractivity contribution in [2.75, 3.05) is 7.05 Å². The van der Waals surface area contributed by atoms with Crippen LogP contribution in [0.25, 0.3) is 11.0 Å². The van der Waals surface area contributed by atoms with Crippen molar-refractivity contribution in [2.24, 2.45) is 0 Å². The first-order valence-corrected chi connectivity index (χ1v) is 7.99. The maximum absolute atomic E-state index is 4.37. The second kappa shape index (κ2) is 5.99. The summed E-state index contributed by atoms with van der Waals surface area (Å²) in [6, 6.07) is 10.8. The Labute approximate surface area is 130 Å². The van der Waals surface area contributed by atoms with Crippen LogP contribution in [0.4, 0.5) is 0 Å². The highest BCUT2D eigenvalue weighted by atomic mass is 79.9. The van der Waals surface area contributed by atoms with E-state index in [4.69, 9.17) is 0 Å². The SMILES string of the molecule is CNC(Cc1ccc(Br)s1)c1ccc2nccnc2c1. The Kier molecular flexibility index (Phi) is 4.10. The minimum absolute atomic E-state index is 0.284. The fourth-order valence-electron chi connectivity index (χ4n) is 2.25. The van der Waals surface area contributed by atoms with E-state index in [1.807, 2.05) is 13.1 Å². The Hall–Kier alpha value is -1.30. The van der Waals surface area contributed by atoms with Crippen LogP contribution in [0.5, 0.6) is 0 Å². The molecule has 0 radical (unpaired) electrons. The molecule has 1 N–H and O–H groups in total. The first-order valence-electron chi connectivity index (χ1n) is 6.38. The molecule has 0 spiro atoms. The molecule has 2 heterocycles. The zero-order chi connectivity index (χ0) is 13.9. The molecule has 102 valence electrons. The van der Waals surface area contributed by atoms with E-state index in [1.54, 1.807) is 23.7 Å². The number of hydrogen-bond donors (Lipinski definition) is 1. The lowest BCUT2D eigenvalue weighted by molar-refractivity contribution is 0.597. The van der Waals surface area contributed by atoms with Crippen LogP contribution in [0.3, 0.4) is 0 Å². The number of nitrogens with zero attached hydrogens (tertiary/aromatic N) is 2. The molecule has 1 unspecified atom stereocenters. The highest BCUT2D eigenvalue weighted by Gasteiger charge is 2.12. The van der Waals surface area contributed by atoms with Gasteiger partial charge < -0.3 is 5.32 Å². The zero-order valence-electron chi connectivity index (χ0n) is 11.0. The van der Waals surface area contributed by atoms with E-state index in [1.165, 1.54) is 14.2 Å². The van der Waals surface area contributed by atoms with Crippen LogP contribution in [0.1, 0.15) is 16.5 Å². The van der Waals surface area contributed by atoms with E-state index in [2.05, 4.69) is 55.5 Å². The van der Waals surface area contributed by atoms with Crippen molar-refractivity contribution >= 4 is 38.3 Å². The van der Waals surface area contributed by atoms with E-state index in [9.17, 15) is 0 Å². The number of thiophene rings is 1. The van der Waals surface area contributed by atoms with Gasteiger partial charge in [0, 0.05) is 29.7 Å². The molecule has 2 aromatic heterocycles. The van der Waals surface area contributed by atoms with Crippen molar-refractivity contribution in [3.05, 3.63) is 57.0 Å². The van der Waals surface area contributed by atoms with Gasteiger partial charge in [-0.05, 0) is 52.8 Å². The van der Waals surface area contributed by atoms with Crippen LogP contribution in [-0.2, 0) is 6.42 Å². The Balaban J connectivity index is 1.90. The molecule has 3 aromatic rings. The van der Waals surface area contributed by atoms with Gasteiger partial charge in [-0.25, -0.2) is 0 Å². The van der Waals surface area contributed by atoms with E-state index in [0.29, 0.717) is 0 Å². The van der Waals surface area contributed by atoms with Gasteiger partial charge in [-0.15, -0.1) is 11.3 Å². The number of hydrogen-bond acceptors (Lipinski definition) is 4. The lowest BCUT2D eigenvalue weighted by Gasteiger charge is -2.16. The molecule has 3 rings (SSSR count). The summed E-state index contributed by atoms with van der Waals surface area (Å²) < 4.78 is 1.17. The maximum atomic E-state index is 4.37. The third kappa shape index (κ3) is 2.90. The average molecular weight is 348 g/mol.